The van der Waals surface area contributed by atoms with Gasteiger partial charge in [0.25, 0.3) is 0 Å². The number of hydrazine groups is 1. The zero-order chi connectivity index (χ0) is 16.9. The Morgan fingerprint density at radius 3 is 2.79 bits per heavy atom. The molecule has 1 aliphatic heterocycles. The standard InChI is InChI=1S/C20H26FN3/c1-14-6-7-17(10-15(14)2)20-18(13-23-24-20)12-22-9-8-16-4-3-5-19(21)11-16/h3-7,10-11,18,20,22-24H,8-9,12-13H2,1-2H3. The van der Waals surface area contributed by atoms with Gasteiger partial charge in [-0.1, -0.05) is 30.3 Å². The molecular formula is C20H26FN3. The molecule has 0 saturated carbocycles. The van der Waals surface area contributed by atoms with E-state index in [4.69, 9.17) is 0 Å². The van der Waals surface area contributed by atoms with Crippen LogP contribution >= 0.6 is 0 Å². The van der Waals surface area contributed by atoms with Crippen LogP contribution in [0.2, 0.25) is 0 Å². The summed E-state index contributed by atoms with van der Waals surface area (Å²) < 4.78 is 13.2. The van der Waals surface area contributed by atoms with Gasteiger partial charge in [-0.25, -0.2) is 9.82 Å². The molecule has 4 heteroatoms. The highest BCUT2D eigenvalue weighted by atomic mass is 19.1. The fraction of sp³-hybridized carbons (Fsp3) is 0.400. The van der Waals surface area contributed by atoms with Crippen molar-refractivity contribution >= 4 is 0 Å². The van der Waals surface area contributed by atoms with Crippen molar-refractivity contribution in [3.8, 4) is 0 Å². The Hall–Kier alpha value is -1.75. The zero-order valence-electron chi connectivity index (χ0n) is 14.4. The molecule has 2 unspecified atom stereocenters. The van der Waals surface area contributed by atoms with E-state index >= 15 is 0 Å². The van der Waals surface area contributed by atoms with E-state index in [1.807, 2.05) is 6.07 Å². The molecule has 0 radical (unpaired) electrons. The van der Waals surface area contributed by atoms with Crippen molar-refractivity contribution in [3.63, 3.8) is 0 Å². The van der Waals surface area contributed by atoms with Crippen LogP contribution in [0, 0.1) is 25.6 Å². The fourth-order valence-corrected chi connectivity index (χ4v) is 3.25. The topological polar surface area (TPSA) is 36.1 Å². The van der Waals surface area contributed by atoms with Gasteiger partial charge in [-0.3, -0.25) is 5.43 Å². The largest absolute Gasteiger partial charge is 0.316 e. The molecule has 2 atom stereocenters. The monoisotopic (exact) mass is 327 g/mol. The lowest BCUT2D eigenvalue weighted by Gasteiger charge is -2.20. The Kier molecular flexibility index (Phi) is 5.61. The van der Waals surface area contributed by atoms with Crippen LogP contribution in [0.25, 0.3) is 0 Å². The molecule has 3 rings (SSSR count). The molecule has 3 N–H and O–H groups in total. The first-order valence-electron chi connectivity index (χ1n) is 8.64. The number of nitrogens with one attached hydrogen (secondary N) is 3. The highest BCUT2D eigenvalue weighted by Gasteiger charge is 2.27. The van der Waals surface area contributed by atoms with E-state index in [-0.39, 0.29) is 5.82 Å². The van der Waals surface area contributed by atoms with E-state index in [0.717, 1.165) is 31.6 Å². The Bertz CT molecular complexity index is 686. The molecule has 2 aromatic carbocycles. The van der Waals surface area contributed by atoms with E-state index < -0.39 is 0 Å². The second-order valence-electron chi connectivity index (χ2n) is 6.69. The molecule has 24 heavy (non-hydrogen) atoms. The molecule has 0 aromatic heterocycles. The second kappa shape index (κ2) is 7.88. The van der Waals surface area contributed by atoms with Gasteiger partial charge in [-0.05, 0) is 61.2 Å². The Labute approximate surface area is 143 Å². The normalized spacial score (nSPS) is 20.5. The predicted molar refractivity (Wildman–Crippen MR) is 96.3 cm³/mol. The lowest BCUT2D eigenvalue weighted by atomic mass is 9.92. The van der Waals surface area contributed by atoms with E-state index in [1.54, 1.807) is 12.1 Å². The lowest BCUT2D eigenvalue weighted by Crippen LogP contribution is -2.30. The molecule has 1 saturated heterocycles. The van der Waals surface area contributed by atoms with E-state index in [9.17, 15) is 4.39 Å². The molecular weight excluding hydrogens is 301 g/mol. The molecule has 128 valence electrons. The molecule has 0 aliphatic carbocycles. The molecule has 0 bridgehead atoms. The maximum atomic E-state index is 13.2. The zero-order valence-corrected chi connectivity index (χ0v) is 14.4. The smallest absolute Gasteiger partial charge is 0.123 e. The number of hydrogen-bond donors (Lipinski definition) is 3. The molecule has 1 fully saturated rings. The fourth-order valence-electron chi connectivity index (χ4n) is 3.25. The average Bonchev–Trinajstić information content (AvgIpc) is 3.03. The van der Waals surface area contributed by atoms with Crippen LogP contribution in [-0.2, 0) is 6.42 Å². The van der Waals surface area contributed by atoms with Crippen LogP contribution in [0.4, 0.5) is 4.39 Å². The van der Waals surface area contributed by atoms with Crippen molar-refractivity contribution in [2.75, 3.05) is 19.6 Å². The number of rotatable bonds is 6. The number of benzene rings is 2. The Morgan fingerprint density at radius 1 is 1.12 bits per heavy atom. The van der Waals surface area contributed by atoms with Crippen LogP contribution in [0.1, 0.15) is 28.3 Å². The second-order valence-corrected chi connectivity index (χ2v) is 6.69. The quantitative estimate of drug-likeness (QED) is 0.714. The predicted octanol–water partition coefficient (Wildman–Crippen LogP) is 3.04. The maximum Gasteiger partial charge on any atom is 0.123 e. The van der Waals surface area contributed by atoms with Crippen LogP contribution in [-0.4, -0.2) is 19.6 Å². The maximum absolute atomic E-state index is 13.2. The molecule has 1 heterocycles. The van der Waals surface area contributed by atoms with Crippen LogP contribution < -0.4 is 16.2 Å². The number of hydrogen-bond acceptors (Lipinski definition) is 3. The summed E-state index contributed by atoms with van der Waals surface area (Å²) in [4.78, 5) is 0. The highest BCUT2D eigenvalue weighted by Crippen LogP contribution is 2.26. The summed E-state index contributed by atoms with van der Waals surface area (Å²) in [5, 5.41) is 3.52. The van der Waals surface area contributed by atoms with Gasteiger partial charge >= 0.3 is 0 Å². The summed E-state index contributed by atoms with van der Waals surface area (Å²) in [5.74, 6) is 0.339. The summed E-state index contributed by atoms with van der Waals surface area (Å²) in [7, 11) is 0. The third-order valence-electron chi connectivity index (χ3n) is 4.87. The van der Waals surface area contributed by atoms with Gasteiger partial charge in [0.2, 0.25) is 0 Å². The van der Waals surface area contributed by atoms with Gasteiger partial charge < -0.3 is 5.32 Å². The van der Waals surface area contributed by atoms with Crippen LogP contribution in [0.3, 0.4) is 0 Å². The highest BCUT2D eigenvalue weighted by molar-refractivity contribution is 5.32. The van der Waals surface area contributed by atoms with Crippen LogP contribution in [0.15, 0.2) is 42.5 Å². The van der Waals surface area contributed by atoms with E-state index in [0.29, 0.717) is 12.0 Å². The summed E-state index contributed by atoms with van der Waals surface area (Å²) in [6, 6.07) is 13.9. The first-order chi connectivity index (χ1) is 11.6. The molecule has 1 aliphatic rings. The van der Waals surface area contributed by atoms with Gasteiger partial charge in [-0.2, -0.15) is 0 Å². The lowest BCUT2D eigenvalue weighted by molar-refractivity contribution is 0.443. The number of aryl methyl sites for hydroxylation is 2. The van der Waals surface area contributed by atoms with Crippen molar-refractivity contribution < 1.29 is 4.39 Å². The third kappa shape index (κ3) is 4.20. The van der Waals surface area contributed by atoms with Crippen LogP contribution in [0.5, 0.6) is 0 Å². The molecule has 0 spiro atoms. The minimum absolute atomic E-state index is 0.161. The summed E-state index contributed by atoms with van der Waals surface area (Å²) >= 11 is 0. The van der Waals surface area contributed by atoms with Crippen molar-refractivity contribution in [2.24, 2.45) is 5.92 Å². The average molecular weight is 327 g/mol. The molecule has 3 nitrogen and oxygen atoms in total. The van der Waals surface area contributed by atoms with Gasteiger partial charge in [0.1, 0.15) is 5.82 Å². The van der Waals surface area contributed by atoms with Gasteiger partial charge in [0.05, 0.1) is 6.04 Å². The van der Waals surface area contributed by atoms with Crippen molar-refractivity contribution in [1.29, 1.82) is 0 Å². The summed E-state index contributed by atoms with van der Waals surface area (Å²) in [5.41, 5.74) is 11.7. The SMILES string of the molecule is Cc1ccc(C2NNCC2CNCCc2cccc(F)c2)cc1C. The first kappa shape index (κ1) is 17.1. The van der Waals surface area contributed by atoms with Crippen molar-refractivity contribution in [3.05, 3.63) is 70.5 Å². The van der Waals surface area contributed by atoms with Gasteiger partial charge in [-0.15, -0.1) is 0 Å². The van der Waals surface area contributed by atoms with Gasteiger partial charge in [0.15, 0.2) is 0 Å². The summed E-state index contributed by atoms with van der Waals surface area (Å²) in [6.45, 7) is 7.05. The van der Waals surface area contributed by atoms with Crippen molar-refractivity contribution in [1.82, 2.24) is 16.2 Å². The number of halogens is 1. The minimum atomic E-state index is -0.161. The third-order valence-corrected chi connectivity index (χ3v) is 4.87. The molecule has 2 aromatic rings. The van der Waals surface area contributed by atoms with Gasteiger partial charge in [0, 0.05) is 19.0 Å². The van der Waals surface area contributed by atoms with E-state index in [1.165, 1.54) is 22.8 Å². The summed E-state index contributed by atoms with van der Waals surface area (Å²) in [6.07, 6.45) is 0.847. The van der Waals surface area contributed by atoms with Crippen molar-refractivity contribution in [2.45, 2.75) is 26.3 Å². The molecule has 0 amide bonds. The Morgan fingerprint density at radius 2 is 2.00 bits per heavy atom. The minimum Gasteiger partial charge on any atom is -0.316 e. The first-order valence-corrected chi connectivity index (χ1v) is 8.64. The van der Waals surface area contributed by atoms with E-state index in [2.05, 4.69) is 48.2 Å². The Balaban J connectivity index is 1.51.